The summed E-state index contributed by atoms with van der Waals surface area (Å²) in [6, 6.07) is 5.75. The van der Waals surface area contributed by atoms with E-state index < -0.39 is 23.4 Å². The number of aryl methyl sites for hydroxylation is 1. The molecule has 0 amide bonds. The highest BCUT2D eigenvalue weighted by Gasteiger charge is 2.40. The summed E-state index contributed by atoms with van der Waals surface area (Å²) in [5.41, 5.74) is -0.448. The van der Waals surface area contributed by atoms with E-state index in [2.05, 4.69) is 16.9 Å². The van der Waals surface area contributed by atoms with Gasteiger partial charge in [0.25, 0.3) is 12.0 Å². The number of ether oxygens (including phenoxy) is 1. The highest BCUT2D eigenvalue weighted by molar-refractivity contribution is 7.99. The summed E-state index contributed by atoms with van der Waals surface area (Å²) in [4.78, 5) is 23.7. The molecule has 10 heteroatoms. The lowest BCUT2D eigenvalue weighted by atomic mass is 9.86. The van der Waals surface area contributed by atoms with Gasteiger partial charge in [-0.2, -0.15) is 11.8 Å². The first-order valence-corrected chi connectivity index (χ1v) is 12.0. The number of aromatic nitrogens is 3. The van der Waals surface area contributed by atoms with Crippen LogP contribution in [0.2, 0.25) is 0 Å². The van der Waals surface area contributed by atoms with Crippen molar-refractivity contribution >= 4 is 28.6 Å². The average molecular weight is 493 g/mol. The van der Waals surface area contributed by atoms with Crippen molar-refractivity contribution in [1.82, 2.24) is 14.5 Å². The molecule has 0 bridgehead atoms. The second kappa shape index (κ2) is 9.58. The molecule has 2 aromatic heterocycles. The quantitative estimate of drug-likeness (QED) is 0.493. The Labute approximate surface area is 200 Å². The molecule has 1 fully saturated rings. The summed E-state index contributed by atoms with van der Waals surface area (Å²) in [5.74, 6) is 0.407. The minimum Gasteiger partial charge on any atom is -0.373 e. The van der Waals surface area contributed by atoms with Gasteiger partial charge < -0.3 is 9.64 Å². The molecule has 0 N–H and O–H groups in total. The molecule has 0 saturated carbocycles. The van der Waals surface area contributed by atoms with Gasteiger partial charge in [-0.15, -0.1) is 0 Å². The van der Waals surface area contributed by atoms with E-state index >= 15 is 0 Å². The molecule has 1 aliphatic rings. The van der Waals surface area contributed by atoms with E-state index in [-0.39, 0.29) is 17.7 Å². The van der Waals surface area contributed by atoms with Crippen LogP contribution in [0.1, 0.15) is 42.9 Å². The molecular weight excluding hydrogens is 465 g/mol. The Morgan fingerprint density at radius 2 is 2.12 bits per heavy atom. The zero-order valence-corrected chi connectivity index (χ0v) is 20.3. The van der Waals surface area contributed by atoms with Crippen molar-refractivity contribution in [3.63, 3.8) is 0 Å². The summed E-state index contributed by atoms with van der Waals surface area (Å²) >= 11 is 1.85. The maximum Gasteiger partial charge on any atom is 0.266 e. The van der Waals surface area contributed by atoms with Crippen LogP contribution in [0.25, 0.3) is 11.0 Å². The predicted molar refractivity (Wildman–Crippen MR) is 128 cm³/mol. The van der Waals surface area contributed by atoms with Crippen molar-refractivity contribution in [2.45, 2.75) is 43.6 Å². The van der Waals surface area contributed by atoms with E-state index in [0.29, 0.717) is 40.5 Å². The fraction of sp³-hybridized carbons (Fsp3) is 0.458. The maximum absolute atomic E-state index is 14.7. The van der Waals surface area contributed by atoms with Gasteiger partial charge in [-0.1, -0.05) is 25.1 Å². The molecule has 1 saturated heterocycles. The maximum atomic E-state index is 14.7. The molecule has 1 aliphatic heterocycles. The van der Waals surface area contributed by atoms with Crippen molar-refractivity contribution in [3.8, 4) is 0 Å². The Kier molecular flexibility index (Phi) is 6.91. The average Bonchev–Trinajstić information content (AvgIpc) is 2.82. The van der Waals surface area contributed by atoms with Gasteiger partial charge in [-0.05, 0) is 24.7 Å². The third-order valence-electron chi connectivity index (χ3n) is 6.50. The molecule has 2 unspecified atom stereocenters. The molecule has 4 rings (SSSR count). The zero-order valence-electron chi connectivity index (χ0n) is 19.5. The number of fused-ring (bicyclic) bond motifs is 1. The smallest absolute Gasteiger partial charge is 0.266 e. The normalized spacial score (nSPS) is 20.8. The lowest BCUT2D eigenvalue weighted by Crippen LogP contribution is -2.41. The molecular formula is C24H27F3N4O2S. The molecule has 0 radical (unpaired) electrons. The molecule has 1 aromatic carbocycles. The van der Waals surface area contributed by atoms with Crippen molar-refractivity contribution in [1.29, 1.82) is 0 Å². The summed E-state index contributed by atoms with van der Waals surface area (Å²) in [6.07, 6.45) is -0.170. The molecule has 0 spiro atoms. The largest absolute Gasteiger partial charge is 0.373 e. The molecule has 2 atom stereocenters. The van der Waals surface area contributed by atoms with Gasteiger partial charge in [0.1, 0.15) is 23.6 Å². The monoisotopic (exact) mass is 492 g/mol. The third kappa shape index (κ3) is 4.29. The summed E-state index contributed by atoms with van der Waals surface area (Å²) in [6.45, 7) is 2.13. The predicted octanol–water partition coefficient (Wildman–Crippen LogP) is 4.80. The first-order chi connectivity index (χ1) is 16.2. The second-order valence-corrected chi connectivity index (χ2v) is 10.2. The number of nitrogens with zero attached hydrogens (tertiary/aromatic N) is 4. The van der Waals surface area contributed by atoms with E-state index in [0.717, 1.165) is 11.8 Å². The van der Waals surface area contributed by atoms with E-state index in [9.17, 15) is 18.0 Å². The fourth-order valence-electron chi connectivity index (χ4n) is 4.70. The number of alkyl halides is 2. The van der Waals surface area contributed by atoms with Gasteiger partial charge in [0.05, 0.1) is 22.1 Å². The SMILES string of the molecule is COC1(c2cc3c(N(C)Cc4cccc(C(F)F)c4F)ncnc3n(C)c2=O)CCSC(C)C1. The van der Waals surface area contributed by atoms with Gasteiger partial charge in [-0.3, -0.25) is 9.36 Å². The van der Waals surface area contributed by atoms with Crippen LogP contribution < -0.4 is 10.5 Å². The van der Waals surface area contributed by atoms with Crippen LogP contribution in [0.5, 0.6) is 0 Å². The molecule has 0 aliphatic carbocycles. The van der Waals surface area contributed by atoms with Crippen LogP contribution in [0, 0.1) is 5.82 Å². The lowest BCUT2D eigenvalue weighted by molar-refractivity contribution is -0.0280. The molecule has 34 heavy (non-hydrogen) atoms. The Morgan fingerprint density at radius 1 is 1.35 bits per heavy atom. The number of rotatable bonds is 6. The van der Waals surface area contributed by atoms with Crippen LogP contribution >= 0.6 is 11.8 Å². The third-order valence-corrected chi connectivity index (χ3v) is 7.68. The fourth-order valence-corrected chi connectivity index (χ4v) is 5.94. The summed E-state index contributed by atoms with van der Waals surface area (Å²) < 4.78 is 48.4. The summed E-state index contributed by atoms with van der Waals surface area (Å²) in [7, 11) is 4.98. The van der Waals surface area contributed by atoms with Crippen molar-refractivity contribution in [2.24, 2.45) is 7.05 Å². The highest BCUT2D eigenvalue weighted by atomic mass is 32.2. The highest BCUT2D eigenvalue weighted by Crippen LogP contribution is 2.42. The molecule has 6 nitrogen and oxygen atoms in total. The van der Waals surface area contributed by atoms with Gasteiger partial charge in [-0.25, -0.2) is 23.1 Å². The number of thioether (sulfide) groups is 1. The van der Waals surface area contributed by atoms with Crippen LogP contribution in [-0.2, 0) is 23.9 Å². The van der Waals surface area contributed by atoms with Crippen molar-refractivity contribution in [3.05, 3.63) is 63.5 Å². The van der Waals surface area contributed by atoms with Crippen molar-refractivity contribution < 1.29 is 17.9 Å². The number of benzene rings is 1. The Morgan fingerprint density at radius 3 is 2.79 bits per heavy atom. The number of methoxy groups -OCH3 is 1. The minimum atomic E-state index is -2.90. The van der Waals surface area contributed by atoms with E-state index in [4.69, 9.17) is 4.74 Å². The molecule has 182 valence electrons. The van der Waals surface area contributed by atoms with Gasteiger partial charge in [0.2, 0.25) is 0 Å². The van der Waals surface area contributed by atoms with Crippen LogP contribution in [0.3, 0.4) is 0 Å². The van der Waals surface area contributed by atoms with Gasteiger partial charge in [0.15, 0.2) is 0 Å². The zero-order chi connectivity index (χ0) is 24.6. The topological polar surface area (TPSA) is 60.2 Å². The Hall–Kier alpha value is -2.59. The molecule has 3 aromatic rings. The van der Waals surface area contributed by atoms with Crippen molar-refractivity contribution in [2.75, 3.05) is 24.8 Å². The van der Waals surface area contributed by atoms with Crippen LogP contribution in [-0.4, -0.2) is 39.7 Å². The van der Waals surface area contributed by atoms with E-state index in [1.165, 1.54) is 23.0 Å². The number of pyridine rings is 1. The Bertz CT molecular complexity index is 1270. The standard InChI is InChI=1S/C24H27F3N4O2S/c1-14-11-24(33-4,8-9-34-14)18-10-17-21(28-13-29-22(17)31(3)23(18)32)30(2)12-15-6-5-7-16(19(15)25)20(26)27/h5-7,10,13-14,20H,8-9,11-12H2,1-4H3. The van der Waals surface area contributed by atoms with Crippen LogP contribution in [0.15, 0.2) is 35.4 Å². The van der Waals surface area contributed by atoms with Gasteiger partial charge >= 0.3 is 0 Å². The first kappa shape index (κ1) is 24.5. The molecule has 3 heterocycles. The number of hydrogen-bond acceptors (Lipinski definition) is 6. The summed E-state index contributed by atoms with van der Waals surface area (Å²) in [5, 5.41) is 0.934. The van der Waals surface area contributed by atoms with E-state index in [1.54, 1.807) is 32.2 Å². The second-order valence-electron chi connectivity index (χ2n) is 8.67. The van der Waals surface area contributed by atoms with E-state index in [1.807, 2.05) is 11.8 Å². The van der Waals surface area contributed by atoms with Crippen LogP contribution in [0.4, 0.5) is 19.0 Å². The number of hydrogen-bond donors (Lipinski definition) is 0. The number of halogens is 3. The minimum absolute atomic E-state index is 0.0137. The lowest BCUT2D eigenvalue weighted by Gasteiger charge is -2.38. The first-order valence-electron chi connectivity index (χ1n) is 11.0. The van der Waals surface area contributed by atoms with Gasteiger partial charge in [0, 0.05) is 38.6 Å². The Balaban J connectivity index is 1.82. The number of anilines is 1.